The molecule has 48 heavy (non-hydrogen) atoms. The largest absolute Gasteiger partial charge is 0.446 e. The molecule has 0 unspecified atom stereocenters. The smallest absolute Gasteiger partial charge is 0.410 e. The monoisotopic (exact) mass is 675 g/mol. The molecule has 3 aromatic rings. The molecular weight excluding hydrogens is 626 g/mol. The number of carbonyl (C=O) groups is 2. The number of nitrogens with one attached hydrogen (secondary N) is 1. The molecule has 0 spiro atoms. The third kappa shape index (κ3) is 9.30. The number of halogens is 1. The summed E-state index contributed by atoms with van der Waals surface area (Å²) in [6.45, 7) is 9.41. The van der Waals surface area contributed by atoms with Crippen LogP contribution in [0, 0.1) is 0 Å². The SMILES string of the molecule is CC(C)(C)OC(=O)N1CCC(OC(=O)NCC(CCCN2CCC(O)(c3ccc(Cl)cc3)CC2)(c2ccccc2)c2ccccc2)CC1. The molecule has 9 heteroatoms. The summed E-state index contributed by atoms with van der Waals surface area (Å²) in [7, 11) is 0. The summed E-state index contributed by atoms with van der Waals surface area (Å²) in [6, 6.07) is 28.3. The molecule has 2 saturated heterocycles. The van der Waals surface area contributed by atoms with Crippen LogP contribution in [0.15, 0.2) is 84.9 Å². The van der Waals surface area contributed by atoms with Gasteiger partial charge in [0.1, 0.15) is 11.7 Å². The number of hydrogen-bond donors (Lipinski definition) is 2. The minimum Gasteiger partial charge on any atom is -0.446 e. The standard InChI is InChI=1S/C39H50ClN3O5/c1-37(2,3)48-36(45)43-25-19-34(20-26-43)47-35(44)41-29-38(30-11-6-4-7-12-30,31-13-8-5-9-14-31)21-10-24-42-27-22-39(46,23-28-42)32-15-17-33(40)18-16-32/h4-9,11-18,34,46H,10,19-29H2,1-3H3,(H,41,44). The van der Waals surface area contributed by atoms with E-state index in [-0.39, 0.29) is 12.2 Å². The third-order valence-corrected chi connectivity index (χ3v) is 9.95. The molecule has 2 aliphatic heterocycles. The number of piperidine rings is 2. The van der Waals surface area contributed by atoms with Crippen molar-refractivity contribution in [3.05, 3.63) is 107 Å². The van der Waals surface area contributed by atoms with Gasteiger partial charge in [-0.2, -0.15) is 0 Å². The van der Waals surface area contributed by atoms with Crippen LogP contribution in [0.2, 0.25) is 5.02 Å². The van der Waals surface area contributed by atoms with E-state index in [1.54, 1.807) is 4.90 Å². The molecule has 2 fully saturated rings. The highest BCUT2D eigenvalue weighted by Gasteiger charge is 2.37. The van der Waals surface area contributed by atoms with Gasteiger partial charge in [-0.1, -0.05) is 84.4 Å². The quantitative estimate of drug-likeness (QED) is 0.231. The van der Waals surface area contributed by atoms with E-state index >= 15 is 0 Å². The topological polar surface area (TPSA) is 91.3 Å². The molecule has 2 N–H and O–H groups in total. The second-order valence-electron chi connectivity index (χ2n) is 14.2. The Bertz CT molecular complexity index is 1420. The minimum absolute atomic E-state index is 0.267. The first-order chi connectivity index (χ1) is 23.0. The highest BCUT2D eigenvalue weighted by molar-refractivity contribution is 6.30. The zero-order valence-electron chi connectivity index (χ0n) is 28.5. The lowest BCUT2D eigenvalue weighted by Crippen LogP contribution is -2.46. The van der Waals surface area contributed by atoms with Gasteiger partial charge in [-0.25, -0.2) is 9.59 Å². The molecule has 0 saturated carbocycles. The highest BCUT2D eigenvalue weighted by atomic mass is 35.5. The van der Waals surface area contributed by atoms with Crippen molar-refractivity contribution in [3.8, 4) is 0 Å². The van der Waals surface area contributed by atoms with Gasteiger partial charge >= 0.3 is 12.2 Å². The van der Waals surface area contributed by atoms with Gasteiger partial charge in [0.15, 0.2) is 0 Å². The predicted molar refractivity (Wildman–Crippen MR) is 189 cm³/mol. The molecule has 0 bridgehead atoms. The predicted octanol–water partition coefficient (Wildman–Crippen LogP) is 7.52. The van der Waals surface area contributed by atoms with E-state index in [2.05, 4.69) is 34.5 Å². The van der Waals surface area contributed by atoms with E-state index in [1.807, 2.05) is 81.4 Å². The molecular formula is C39H50ClN3O5. The molecule has 2 heterocycles. The van der Waals surface area contributed by atoms with E-state index in [0.29, 0.717) is 50.3 Å². The zero-order valence-corrected chi connectivity index (χ0v) is 29.3. The fraction of sp³-hybridized carbons (Fsp3) is 0.487. The Hall–Kier alpha value is -3.59. The van der Waals surface area contributed by atoms with Crippen LogP contribution in [-0.2, 0) is 20.5 Å². The molecule has 0 aliphatic carbocycles. The second-order valence-corrected chi connectivity index (χ2v) is 14.7. The van der Waals surface area contributed by atoms with Crippen LogP contribution in [0.4, 0.5) is 9.59 Å². The first-order valence-electron chi connectivity index (χ1n) is 17.2. The molecule has 8 nitrogen and oxygen atoms in total. The van der Waals surface area contributed by atoms with E-state index in [9.17, 15) is 14.7 Å². The normalized spacial score (nSPS) is 17.5. The fourth-order valence-corrected chi connectivity index (χ4v) is 7.09. The molecule has 0 aromatic heterocycles. The Morgan fingerprint density at radius 2 is 1.44 bits per heavy atom. The van der Waals surface area contributed by atoms with Crippen molar-refractivity contribution in [2.45, 2.75) is 82.0 Å². The highest BCUT2D eigenvalue weighted by Crippen LogP contribution is 2.38. The Labute approximate surface area is 290 Å². The summed E-state index contributed by atoms with van der Waals surface area (Å²) >= 11 is 6.08. The van der Waals surface area contributed by atoms with Crippen molar-refractivity contribution in [2.75, 3.05) is 39.3 Å². The summed E-state index contributed by atoms with van der Waals surface area (Å²) in [6.07, 6.45) is 3.15. The van der Waals surface area contributed by atoms with E-state index < -0.39 is 22.7 Å². The van der Waals surface area contributed by atoms with Gasteiger partial charge in [-0.05, 0) is 81.8 Å². The van der Waals surface area contributed by atoms with Gasteiger partial charge < -0.3 is 29.7 Å². The summed E-state index contributed by atoms with van der Waals surface area (Å²) < 4.78 is 11.4. The summed E-state index contributed by atoms with van der Waals surface area (Å²) in [5, 5.41) is 15.2. The number of nitrogens with zero attached hydrogens (tertiary/aromatic N) is 2. The number of ether oxygens (including phenoxy) is 2. The van der Waals surface area contributed by atoms with Crippen LogP contribution in [0.25, 0.3) is 0 Å². The van der Waals surface area contributed by atoms with Gasteiger partial charge in [-0.3, -0.25) is 0 Å². The number of aliphatic hydroxyl groups is 1. The van der Waals surface area contributed by atoms with Gasteiger partial charge in [0, 0.05) is 56.0 Å². The van der Waals surface area contributed by atoms with Crippen LogP contribution < -0.4 is 5.32 Å². The number of benzene rings is 3. The number of likely N-dealkylation sites (tertiary alicyclic amines) is 2. The van der Waals surface area contributed by atoms with E-state index in [1.165, 1.54) is 0 Å². The summed E-state index contributed by atoms with van der Waals surface area (Å²) in [4.78, 5) is 29.8. The van der Waals surface area contributed by atoms with E-state index in [0.717, 1.165) is 49.2 Å². The Balaban J connectivity index is 1.21. The van der Waals surface area contributed by atoms with Crippen molar-refractivity contribution in [3.63, 3.8) is 0 Å². The number of hydrogen-bond acceptors (Lipinski definition) is 6. The fourth-order valence-electron chi connectivity index (χ4n) is 6.96. The Morgan fingerprint density at radius 3 is 1.98 bits per heavy atom. The first kappa shape index (κ1) is 35.7. The molecule has 0 atom stereocenters. The maximum absolute atomic E-state index is 13.3. The van der Waals surface area contributed by atoms with Gasteiger partial charge in [0.05, 0.1) is 5.60 Å². The van der Waals surface area contributed by atoms with Gasteiger partial charge in [-0.15, -0.1) is 0 Å². The number of rotatable bonds is 10. The first-order valence-corrected chi connectivity index (χ1v) is 17.6. The lowest BCUT2D eigenvalue weighted by Gasteiger charge is -2.40. The molecule has 2 amide bonds. The maximum atomic E-state index is 13.3. The summed E-state index contributed by atoms with van der Waals surface area (Å²) in [5.74, 6) is 0. The maximum Gasteiger partial charge on any atom is 0.410 e. The Kier molecular flexibility index (Phi) is 11.7. The van der Waals surface area contributed by atoms with Crippen molar-refractivity contribution in [2.24, 2.45) is 0 Å². The number of alkyl carbamates (subject to hydrolysis) is 1. The van der Waals surface area contributed by atoms with Crippen LogP contribution in [-0.4, -0.2) is 78.1 Å². The van der Waals surface area contributed by atoms with E-state index in [4.69, 9.17) is 21.1 Å². The lowest BCUT2D eigenvalue weighted by atomic mass is 9.71. The van der Waals surface area contributed by atoms with Gasteiger partial charge in [0.25, 0.3) is 0 Å². The van der Waals surface area contributed by atoms with Crippen molar-refractivity contribution < 1.29 is 24.2 Å². The summed E-state index contributed by atoms with van der Waals surface area (Å²) in [5.41, 5.74) is 1.34. The lowest BCUT2D eigenvalue weighted by molar-refractivity contribution is -0.0262. The molecule has 0 radical (unpaired) electrons. The van der Waals surface area contributed by atoms with Crippen LogP contribution in [0.5, 0.6) is 0 Å². The molecule has 5 rings (SSSR count). The number of amides is 2. The third-order valence-electron chi connectivity index (χ3n) is 9.70. The van der Waals surface area contributed by atoms with Crippen LogP contribution in [0.3, 0.4) is 0 Å². The average molecular weight is 676 g/mol. The second kappa shape index (κ2) is 15.7. The molecule has 2 aliphatic rings. The zero-order chi connectivity index (χ0) is 34.2. The van der Waals surface area contributed by atoms with Crippen molar-refractivity contribution >= 4 is 23.8 Å². The molecule has 3 aromatic carbocycles. The average Bonchev–Trinajstić information content (AvgIpc) is 3.08. The van der Waals surface area contributed by atoms with Crippen LogP contribution >= 0.6 is 11.6 Å². The van der Waals surface area contributed by atoms with Crippen molar-refractivity contribution in [1.29, 1.82) is 0 Å². The molecule has 258 valence electrons. The van der Waals surface area contributed by atoms with Crippen molar-refractivity contribution in [1.82, 2.24) is 15.1 Å². The Morgan fingerprint density at radius 1 is 0.875 bits per heavy atom. The minimum atomic E-state index is -0.838. The van der Waals surface area contributed by atoms with Gasteiger partial charge in [0.2, 0.25) is 0 Å². The van der Waals surface area contributed by atoms with Crippen LogP contribution in [0.1, 0.15) is 76.0 Å². The number of carbonyl (C=O) groups excluding carboxylic acids is 2.